The lowest BCUT2D eigenvalue weighted by Gasteiger charge is -2.42. The molecule has 3 rings (SSSR count). The van der Waals surface area contributed by atoms with E-state index in [0.29, 0.717) is 11.3 Å². The number of alkyl halides is 3. The average Bonchev–Trinajstić information content (AvgIpc) is 3.12. The van der Waals surface area contributed by atoms with Gasteiger partial charge < -0.3 is 20.7 Å². The smallest absolute Gasteiger partial charge is 0.379 e. The first-order valence-corrected chi connectivity index (χ1v) is 12.1. The van der Waals surface area contributed by atoms with Crippen LogP contribution >= 0.6 is 0 Å². The molecule has 2 heterocycles. The standard InChI is InChI=1S/C22H25F4N3O4S/c1-20(2,16-5-4-14(23)9-15(16)19(27)30)11-21(31,22(24,25)26)12-29-10-17-13(6-7-28-17)8-18(29)34(3,32)33/h4-9,28,31H,10-12H2,1-3H3,(H2,27,30)/t21-/m1/s1. The monoisotopic (exact) mass is 503 g/mol. The van der Waals surface area contributed by atoms with E-state index in [9.17, 15) is 35.9 Å². The summed E-state index contributed by atoms with van der Waals surface area (Å²) in [4.78, 5) is 15.6. The first-order valence-electron chi connectivity index (χ1n) is 10.2. The number of hydrogen-bond acceptors (Lipinski definition) is 5. The van der Waals surface area contributed by atoms with Crippen LogP contribution in [0.4, 0.5) is 17.6 Å². The molecule has 2 aromatic rings. The summed E-state index contributed by atoms with van der Waals surface area (Å²) in [5.74, 6) is -1.83. The summed E-state index contributed by atoms with van der Waals surface area (Å²) < 4.78 is 81.2. The lowest BCUT2D eigenvalue weighted by molar-refractivity contribution is -0.270. The van der Waals surface area contributed by atoms with Gasteiger partial charge in [0.05, 0.1) is 13.1 Å². The number of nitrogens with zero attached hydrogens (tertiary/aromatic N) is 1. The van der Waals surface area contributed by atoms with Gasteiger partial charge in [0.1, 0.15) is 10.8 Å². The summed E-state index contributed by atoms with van der Waals surface area (Å²) in [6.45, 7) is 1.42. The number of nitrogens with one attached hydrogen (secondary N) is 1. The Morgan fingerprint density at radius 2 is 1.88 bits per heavy atom. The zero-order chi connectivity index (χ0) is 25.7. The zero-order valence-electron chi connectivity index (χ0n) is 18.7. The maximum absolute atomic E-state index is 14.3. The van der Waals surface area contributed by atoms with Gasteiger partial charge in [-0.25, -0.2) is 12.8 Å². The molecule has 0 saturated carbocycles. The largest absolute Gasteiger partial charge is 0.418 e. The van der Waals surface area contributed by atoms with E-state index in [4.69, 9.17) is 5.73 Å². The fraction of sp³-hybridized carbons (Fsp3) is 0.409. The van der Waals surface area contributed by atoms with E-state index in [-0.39, 0.29) is 22.7 Å². The zero-order valence-corrected chi connectivity index (χ0v) is 19.5. The van der Waals surface area contributed by atoms with E-state index >= 15 is 0 Å². The molecule has 0 aliphatic carbocycles. The number of aromatic nitrogens is 1. The Morgan fingerprint density at radius 3 is 2.44 bits per heavy atom. The van der Waals surface area contributed by atoms with Gasteiger partial charge in [0.15, 0.2) is 15.4 Å². The van der Waals surface area contributed by atoms with Crippen molar-refractivity contribution in [3.8, 4) is 0 Å². The molecule has 12 heteroatoms. The second kappa shape index (κ2) is 8.42. The van der Waals surface area contributed by atoms with Crippen molar-refractivity contribution in [2.75, 3.05) is 12.8 Å². The van der Waals surface area contributed by atoms with E-state index < -0.39 is 51.7 Å². The normalized spacial score (nSPS) is 16.6. The van der Waals surface area contributed by atoms with Crippen molar-refractivity contribution in [1.82, 2.24) is 9.88 Å². The topological polar surface area (TPSA) is 116 Å². The van der Waals surface area contributed by atoms with Crippen LogP contribution in [-0.4, -0.2) is 53.9 Å². The van der Waals surface area contributed by atoms with Gasteiger partial charge in [0, 0.05) is 23.7 Å². The van der Waals surface area contributed by atoms with Crippen molar-refractivity contribution in [2.24, 2.45) is 5.73 Å². The van der Waals surface area contributed by atoms with Crippen LogP contribution in [0.2, 0.25) is 0 Å². The molecule has 0 bridgehead atoms. The Labute approximate surface area is 194 Å². The van der Waals surface area contributed by atoms with Crippen molar-refractivity contribution in [3.63, 3.8) is 0 Å². The molecule has 0 radical (unpaired) electrons. The molecule has 1 aliphatic heterocycles. The Kier molecular flexibility index (Phi) is 6.38. The molecule has 1 amide bonds. The molecule has 0 spiro atoms. The summed E-state index contributed by atoms with van der Waals surface area (Å²) in [6, 6.07) is 4.56. The van der Waals surface area contributed by atoms with Crippen LogP contribution in [-0.2, 0) is 21.8 Å². The van der Waals surface area contributed by atoms with Crippen LogP contribution in [0.3, 0.4) is 0 Å². The maximum atomic E-state index is 14.3. The Balaban J connectivity index is 2.04. The predicted octanol–water partition coefficient (Wildman–Crippen LogP) is 3.07. The number of nitrogens with two attached hydrogens (primary N) is 1. The molecule has 0 saturated heterocycles. The molecule has 7 nitrogen and oxygen atoms in total. The van der Waals surface area contributed by atoms with Gasteiger partial charge in [0.25, 0.3) is 0 Å². The first-order chi connectivity index (χ1) is 15.4. The fourth-order valence-corrected chi connectivity index (χ4v) is 5.29. The quantitative estimate of drug-likeness (QED) is 0.502. The molecule has 1 aliphatic rings. The lowest BCUT2D eigenvalue weighted by Crippen LogP contribution is -2.56. The highest BCUT2D eigenvalue weighted by molar-refractivity contribution is 7.94. The molecule has 4 N–H and O–H groups in total. The summed E-state index contributed by atoms with van der Waals surface area (Å²) in [6.07, 6.45) is -2.48. The number of fused-ring (bicyclic) bond motifs is 1. The fourth-order valence-electron chi connectivity index (χ4n) is 4.35. The van der Waals surface area contributed by atoms with E-state index in [1.165, 1.54) is 26.1 Å². The van der Waals surface area contributed by atoms with E-state index in [1.54, 1.807) is 6.07 Å². The minimum atomic E-state index is -5.17. The SMILES string of the molecule is CC(C)(C[C@@](O)(CN1Cc2[nH]ccc2C=C1S(C)(=O)=O)C(F)(F)F)c1ccc(F)cc1C(N)=O. The highest BCUT2D eigenvalue weighted by atomic mass is 32.2. The van der Waals surface area contributed by atoms with Gasteiger partial charge in [-0.2, -0.15) is 13.2 Å². The van der Waals surface area contributed by atoms with Crippen LogP contribution in [0, 0.1) is 5.82 Å². The predicted molar refractivity (Wildman–Crippen MR) is 118 cm³/mol. The van der Waals surface area contributed by atoms with Crippen LogP contribution in [0.5, 0.6) is 0 Å². The van der Waals surface area contributed by atoms with Gasteiger partial charge >= 0.3 is 6.18 Å². The number of sulfone groups is 1. The lowest BCUT2D eigenvalue weighted by atomic mass is 9.73. The van der Waals surface area contributed by atoms with Gasteiger partial charge in [0.2, 0.25) is 5.91 Å². The highest BCUT2D eigenvalue weighted by Crippen LogP contribution is 2.44. The average molecular weight is 504 g/mol. The molecule has 186 valence electrons. The van der Waals surface area contributed by atoms with Crippen molar-refractivity contribution in [2.45, 2.75) is 44.0 Å². The Morgan fingerprint density at radius 1 is 1.24 bits per heavy atom. The number of hydrogen-bond donors (Lipinski definition) is 3. The van der Waals surface area contributed by atoms with Crippen molar-refractivity contribution in [1.29, 1.82) is 0 Å². The summed E-state index contributed by atoms with van der Waals surface area (Å²) >= 11 is 0. The molecule has 1 atom stereocenters. The van der Waals surface area contributed by atoms with Crippen LogP contribution in [0.25, 0.3) is 6.08 Å². The minimum Gasteiger partial charge on any atom is -0.379 e. The number of rotatable bonds is 7. The summed E-state index contributed by atoms with van der Waals surface area (Å²) in [5, 5.41) is 10.6. The molecular weight excluding hydrogens is 478 g/mol. The number of H-pyrrole nitrogens is 1. The van der Waals surface area contributed by atoms with Crippen LogP contribution in [0.15, 0.2) is 35.5 Å². The molecule has 1 aromatic carbocycles. The van der Waals surface area contributed by atoms with Gasteiger partial charge in [-0.3, -0.25) is 4.79 Å². The summed E-state index contributed by atoms with van der Waals surface area (Å²) in [5.41, 5.74) is 1.13. The van der Waals surface area contributed by atoms with Gasteiger partial charge in [-0.05, 0) is 47.2 Å². The van der Waals surface area contributed by atoms with Gasteiger partial charge in [-0.1, -0.05) is 19.9 Å². The number of halogens is 4. The Hall–Kier alpha value is -2.86. The van der Waals surface area contributed by atoms with Gasteiger partial charge in [-0.15, -0.1) is 0 Å². The van der Waals surface area contributed by atoms with Crippen molar-refractivity contribution in [3.05, 3.63) is 63.7 Å². The minimum absolute atomic E-state index is 0.0215. The molecule has 34 heavy (non-hydrogen) atoms. The van der Waals surface area contributed by atoms with Crippen LogP contribution in [0.1, 0.15) is 47.4 Å². The van der Waals surface area contributed by atoms with Crippen LogP contribution < -0.4 is 5.73 Å². The number of carbonyl (C=O) groups excluding carboxylic acids is 1. The molecule has 1 aromatic heterocycles. The molecular formula is C22H25F4N3O4S. The second-order valence-electron chi connectivity index (χ2n) is 9.17. The summed E-state index contributed by atoms with van der Waals surface area (Å²) in [7, 11) is -3.94. The third-order valence-electron chi connectivity index (χ3n) is 5.88. The number of carbonyl (C=O) groups is 1. The van der Waals surface area contributed by atoms with E-state index in [0.717, 1.165) is 29.4 Å². The van der Waals surface area contributed by atoms with Crippen molar-refractivity contribution < 1.29 is 35.9 Å². The molecule has 0 fully saturated rings. The van der Waals surface area contributed by atoms with E-state index in [1.807, 2.05) is 0 Å². The Bertz CT molecular complexity index is 1250. The highest BCUT2D eigenvalue weighted by Gasteiger charge is 2.57. The first kappa shape index (κ1) is 25.8. The number of aliphatic hydroxyl groups is 1. The maximum Gasteiger partial charge on any atom is 0.418 e. The number of primary amides is 1. The third kappa shape index (κ3) is 4.97. The number of β-amino-alcohol motifs (C(OH)–C–C–N with tert-alkyl or cyclic N) is 1. The molecule has 0 unspecified atom stereocenters. The third-order valence-corrected chi connectivity index (χ3v) is 7.01. The van der Waals surface area contributed by atoms with E-state index in [2.05, 4.69) is 4.98 Å². The second-order valence-corrected chi connectivity index (χ2v) is 11.1. The number of aromatic amines is 1. The van der Waals surface area contributed by atoms with Crippen molar-refractivity contribution >= 4 is 21.8 Å². The number of benzene rings is 1. The number of amides is 1.